The van der Waals surface area contributed by atoms with Gasteiger partial charge in [-0.3, -0.25) is 0 Å². The van der Waals surface area contributed by atoms with Gasteiger partial charge in [-0.15, -0.1) is 0 Å². The molecule has 100 valence electrons. The maximum absolute atomic E-state index is 5.17. The van der Waals surface area contributed by atoms with Gasteiger partial charge in [0.1, 0.15) is 5.75 Å². The minimum atomic E-state index is 0.606. The van der Waals surface area contributed by atoms with Crippen LogP contribution in [0.3, 0.4) is 0 Å². The molecule has 3 heteroatoms. The normalized spacial score (nSPS) is 21.3. The van der Waals surface area contributed by atoms with Crippen LogP contribution in [-0.4, -0.2) is 37.7 Å². The van der Waals surface area contributed by atoms with Gasteiger partial charge in [0.2, 0.25) is 0 Å². The molecule has 0 spiro atoms. The predicted molar refractivity (Wildman–Crippen MR) is 76.4 cm³/mol. The molecule has 0 radical (unpaired) electrons. The van der Waals surface area contributed by atoms with Crippen LogP contribution in [0.15, 0.2) is 24.3 Å². The highest BCUT2D eigenvalue weighted by atomic mass is 16.5. The molecule has 2 rings (SSSR count). The Hall–Kier alpha value is -1.22. The zero-order valence-corrected chi connectivity index (χ0v) is 11.5. The summed E-state index contributed by atoms with van der Waals surface area (Å²) < 4.78 is 5.17. The highest BCUT2D eigenvalue weighted by molar-refractivity contribution is 5.47. The lowest BCUT2D eigenvalue weighted by atomic mass is 10.1. The quantitative estimate of drug-likeness (QED) is 0.886. The van der Waals surface area contributed by atoms with Crippen LogP contribution in [0.5, 0.6) is 5.75 Å². The summed E-state index contributed by atoms with van der Waals surface area (Å²) in [5, 5.41) is 3.63. The van der Waals surface area contributed by atoms with Crippen molar-refractivity contribution < 1.29 is 4.74 Å². The van der Waals surface area contributed by atoms with Crippen LogP contribution in [0.25, 0.3) is 0 Å². The molecule has 18 heavy (non-hydrogen) atoms. The molecule has 1 saturated heterocycles. The van der Waals surface area contributed by atoms with E-state index in [2.05, 4.69) is 29.3 Å². The highest BCUT2D eigenvalue weighted by Gasteiger charge is 2.15. The Morgan fingerprint density at radius 2 is 2.00 bits per heavy atom. The molecular formula is C15H24N2O. The average Bonchev–Trinajstić information content (AvgIpc) is 2.65. The Labute approximate surface area is 110 Å². The largest absolute Gasteiger partial charge is 0.497 e. The molecule has 0 aliphatic carbocycles. The van der Waals surface area contributed by atoms with Gasteiger partial charge in [-0.1, -0.05) is 6.92 Å². The highest BCUT2D eigenvalue weighted by Crippen LogP contribution is 2.19. The number of hydrogen-bond acceptors (Lipinski definition) is 3. The monoisotopic (exact) mass is 248 g/mol. The van der Waals surface area contributed by atoms with Crippen molar-refractivity contribution >= 4 is 5.69 Å². The van der Waals surface area contributed by atoms with Crippen molar-refractivity contribution in [1.29, 1.82) is 0 Å². The molecule has 1 heterocycles. The summed E-state index contributed by atoms with van der Waals surface area (Å²) in [6, 6.07) is 8.83. The first-order chi connectivity index (χ1) is 8.81. The van der Waals surface area contributed by atoms with Gasteiger partial charge in [0.25, 0.3) is 0 Å². The van der Waals surface area contributed by atoms with Crippen LogP contribution < -0.4 is 10.1 Å². The van der Waals surface area contributed by atoms with Gasteiger partial charge in [-0.2, -0.15) is 0 Å². The smallest absolute Gasteiger partial charge is 0.119 e. The fourth-order valence-electron chi connectivity index (χ4n) is 2.54. The number of likely N-dealkylation sites (tertiary alicyclic amines) is 1. The fraction of sp³-hybridized carbons (Fsp3) is 0.600. The lowest BCUT2D eigenvalue weighted by molar-refractivity contribution is 0.300. The molecule has 1 aromatic rings. The van der Waals surface area contributed by atoms with E-state index in [0.29, 0.717) is 6.04 Å². The summed E-state index contributed by atoms with van der Waals surface area (Å²) in [6.07, 6.45) is 3.80. The van der Waals surface area contributed by atoms with E-state index >= 15 is 0 Å². The Balaban J connectivity index is 1.88. The van der Waals surface area contributed by atoms with Crippen molar-refractivity contribution in [2.24, 2.45) is 0 Å². The Bertz CT molecular complexity index is 350. The number of benzene rings is 1. The summed E-state index contributed by atoms with van der Waals surface area (Å²) in [5.74, 6) is 0.915. The summed E-state index contributed by atoms with van der Waals surface area (Å²) in [5.41, 5.74) is 1.20. The molecule has 0 amide bonds. The summed E-state index contributed by atoms with van der Waals surface area (Å²) in [4.78, 5) is 2.54. The van der Waals surface area contributed by atoms with Crippen LogP contribution >= 0.6 is 0 Å². The maximum atomic E-state index is 5.17. The third-order valence-electron chi connectivity index (χ3n) is 3.73. The van der Waals surface area contributed by atoms with Crippen molar-refractivity contribution in [3.63, 3.8) is 0 Å². The lowest BCUT2D eigenvalue weighted by Gasteiger charge is -2.19. The number of methoxy groups -OCH3 is 1. The van der Waals surface area contributed by atoms with Crippen LogP contribution in [0.4, 0.5) is 5.69 Å². The zero-order valence-electron chi connectivity index (χ0n) is 11.5. The summed E-state index contributed by atoms with van der Waals surface area (Å²) in [6.45, 7) is 5.88. The second-order valence-corrected chi connectivity index (χ2v) is 4.93. The average molecular weight is 248 g/mol. The second-order valence-electron chi connectivity index (χ2n) is 4.93. The van der Waals surface area contributed by atoms with Gasteiger partial charge in [-0.05, 0) is 56.6 Å². The van der Waals surface area contributed by atoms with Gasteiger partial charge in [0.15, 0.2) is 0 Å². The Morgan fingerprint density at radius 1 is 1.22 bits per heavy atom. The standard InChI is InChI=1S/C15H24N2O/c1-3-17-11-4-5-13(10-12-17)16-14-6-8-15(18-2)9-7-14/h6-9,13,16H,3-5,10-12H2,1-2H3. The minimum Gasteiger partial charge on any atom is -0.497 e. The molecule has 1 atom stereocenters. The number of rotatable bonds is 4. The maximum Gasteiger partial charge on any atom is 0.119 e. The molecule has 1 N–H and O–H groups in total. The molecule has 0 aromatic heterocycles. The number of anilines is 1. The zero-order chi connectivity index (χ0) is 12.8. The van der Waals surface area contributed by atoms with Crippen LogP contribution in [0.1, 0.15) is 26.2 Å². The van der Waals surface area contributed by atoms with Crippen molar-refractivity contribution in [3.8, 4) is 5.75 Å². The topological polar surface area (TPSA) is 24.5 Å². The minimum absolute atomic E-state index is 0.606. The fourth-order valence-corrected chi connectivity index (χ4v) is 2.54. The molecule has 0 saturated carbocycles. The third-order valence-corrected chi connectivity index (χ3v) is 3.73. The molecule has 1 unspecified atom stereocenters. The molecule has 1 fully saturated rings. The van der Waals surface area contributed by atoms with Crippen LogP contribution in [0, 0.1) is 0 Å². The van der Waals surface area contributed by atoms with Gasteiger partial charge < -0.3 is 15.0 Å². The lowest BCUT2D eigenvalue weighted by Crippen LogP contribution is -2.26. The third kappa shape index (κ3) is 3.64. The Kier molecular flexibility index (Phi) is 4.88. The molecular weight excluding hydrogens is 224 g/mol. The van der Waals surface area contributed by atoms with Gasteiger partial charge in [-0.25, -0.2) is 0 Å². The number of nitrogens with zero attached hydrogens (tertiary/aromatic N) is 1. The number of ether oxygens (including phenoxy) is 1. The first-order valence-electron chi connectivity index (χ1n) is 6.94. The van der Waals surface area contributed by atoms with E-state index < -0.39 is 0 Å². The van der Waals surface area contributed by atoms with E-state index in [1.54, 1.807) is 7.11 Å². The van der Waals surface area contributed by atoms with Crippen molar-refractivity contribution in [3.05, 3.63) is 24.3 Å². The van der Waals surface area contributed by atoms with Crippen molar-refractivity contribution in [1.82, 2.24) is 4.90 Å². The van der Waals surface area contributed by atoms with Gasteiger partial charge >= 0.3 is 0 Å². The first kappa shape index (κ1) is 13.2. The van der Waals surface area contributed by atoms with E-state index in [1.807, 2.05) is 12.1 Å². The summed E-state index contributed by atoms with van der Waals surface area (Å²) >= 11 is 0. The SMILES string of the molecule is CCN1CCCC(Nc2ccc(OC)cc2)CC1. The Morgan fingerprint density at radius 3 is 2.67 bits per heavy atom. The van der Waals surface area contributed by atoms with E-state index in [-0.39, 0.29) is 0 Å². The molecule has 1 aliphatic heterocycles. The molecule has 1 aliphatic rings. The van der Waals surface area contributed by atoms with Crippen molar-refractivity contribution in [2.75, 3.05) is 32.1 Å². The van der Waals surface area contributed by atoms with E-state index in [4.69, 9.17) is 4.74 Å². The summed E-state index contributed by atoms with van der Waals surface area (Å²) in [7, 11) is 1.70. The van der Waals surface area contributed by atoms with E-state index in [1.165, 1.54) is 44.6 Å². The molecule has 1 aromatic carbocycles. The molecule has 3 nitrogen and oxygen atoms in total. The van der Waals surface area contributed by atoms with Gasteiger partial charge in [0, 0.05) is 18.3 Å². The number of hydrogen-bond donors (Lipinski definition) is 1. The van der Waals surface area contributed by atoms with E-state index in [0.717, 1.165) is 5.75 Å². The van der Waals surface area contributed by atoms with Gasteiger partial charge in [0.05, 0.1) is 7.11 Å². The van der Waals surface area contributed by atoms with Crippen molar-refractivity contribution in [2.45, 2.75) is 32.2 Å². The predicted octanol–water partition coefficient (Wildman–Crippen LogP) is 2.98. The van der Waals surface area contributed by atoms with E-state index in [9.17, 15) is 0 Å². The second kappa shape index (κ2) is 6.64. The van der Waals surface area contributed by atoms with Crippen LogP contribution in [-0.2, 0) is 0 Å². The molecule has 0 bridgehead atoms. The van der Waals surface area contributed by atoms with Crippen LogP contribution in [0.2, 0.25) is 0 Å². The number of nitrogens with one attached hydrogen (secondary N) is 1. The first-order valence-corrected chi connectivity index (χ1v) is 6.94.